The third-order valence-corrected chi connectivity index (χ3v) is 7.03. The zero-order chi connectivity index (χ0) is 20.2. The van der Waals surface area contributed by atoms with Crippen molar-refractivity contribution in [3.05, 3.63) is 35.2 Å². The highest BCUT2D eigenvalue weighted by Crippen LogP contribution is 2.29. The molecule has 1 atom stereocenters. The Balaban J connectivity index is 1.33. The summed E-state index contributed by atoms with van der Waals surface area (Å²) >= 11 is 1.60. The molecule has 0 radical (unpaired) electrons. The smallest absolute Gasteiger partial charge is 0.224 e. The van der Waals surface area contributed by atoms with Gasteiger partial charge in [0.15, 0.2) is 0 Å². The number of carbonyl (C=O) groups excluding carboxylic acids is 1. The van der Waals surface area contributed by atoms with Crippen LogP contribution in [0.25, 0.3) is 5.13 Å². The molecule has 0 spiro atoms. The van der Waals surface area contributed by atoms with Crippen LogP contribution in [0.3, 0.4) is 0 Å². The molecule has 1 unspecified atom stereocenters. The first kappa shape index (κ1) is 20.1. The van der Waals surface area contributed by atoms with E-state index in [0.717, 1.165) is 60.5 Å². The van der Waals surface area contributed by atoms with Crippen LogP contribution in [0.2, 0.25) is 0 Å². The first-order chi connectivity index (χ1) is 14.1. The number of aromatic nitrogens is 3. The fraction of sp³-hybridized carbons (Fsp3) is 0.591. The average Bonchev–Trinajstić information content (AvgIpc) is 3.35. The fourth-order valence-electron chi connectivity index (χ4n) is 4.38. The summed E-state index contributed by atoms with van der Waals surface area (Å²) < 4.78 is 2.13. The summed E-state index contributed by atoms with van der Waals surface area (Å²) in [5, 5.41) is 13.8. The third-order valence-electron chi connectivity index (χ3n) is 6.06. The van der Waals surface area contributed by atoms with Gasteiger partial charge in [-0.05, 0) is 70.9 Å². The molecule has 4 rings (SSSR count). The van der Waals surface area contributed by atoms with Crippen molar-refractivity contribution in [3.8, 4) is 5.13 Å². The van der Waals surface area contributed by atoms with Gasteiger partial charge in [-0.15, -0.1) is 10.2 Å². The predicted octanol–water partition coefficient (Wildman–Crippen LogP) is 4.17. The molecule has 1 amide bonds. The summed E-state index contributed by atoms with van der Waals surface area (Å²) in [6, 6.07) is 4.20. The zero-order valence-electron chi connectivity index (χ0n) is 17.5. The lowest BCUT2D eigenvalue weighted by Gasteiger charge is -2.31. The molecule has 7 heteroatoms. The number of carbonyl (C=O) groups is 1. The number of rotatable bonds is 6. The van der Waals surface area contributed by atoms with Crippen LogP contribution in [0.15, 0.2) is 23.8 Å². The van der Waals surface area contributed by atoms with Crippen LogP contribution < -0.4 is 10.2 Å². The van der Waals surface area contributed by atoms with Gasteiger partial charge < -0.3 is 10.2 Å². The minimum absolute atomic E-state index is 0.0338. The normalized spacial score (nSPS) is 19.9. The molecule has 1 aliphatic heterocycles. The van der Waals surface area contributed by atoms with Gasteiger partial charge in [-0.2, -0.15) is 0 Å². The average molecular weight is 414 g/mol. The first-order valence-corrected chi connectivity index (χ1v) is 11.6. The summed E-state index contributed by atoms with van der Waals surface area (Å²) in [6.07, 6.45) is 10.3. The molecule has 2 aromatic rings. The SMILES string of the molecule is Cc1ccc(C)n1-c1nnc(N2CCCC(C(=O)NCCC3=CCCCC3)C2)s1. The van der Waals surface area contributed by atoms with Crippen LogP contribution in [0.5, 0.6) is 0 Å². The molecule has 2 aliphatic rings. The Morgan fingerprint density at radius 2 is 1.97 bits per heavy atom. The van der Waals surface area contributed by atoms with Crippen molar-refractivity contribution >= 4 is 22.4 Å². The first-order valence-electron chi connectivity index (χ1n) is 10.8. The van der Waals surface area contributed by atoms with Crippen molar-refractivity contribution in [2.24, 2.45) is 5.92 Å². The van der Waals surface area contributed by atoms with E-state index in [0.29, 0.717) is 0 Å². The van der Waals surface area contributed by atoms with Crippen molar-refractivity contribution in [2.75, 3.05) is 24.5 Å². The molecule has 0 aromatic carbocycles. The number of anilines is 1. The highest BCUT2D eigenvalue weighted by Gasteiger charge is 2.27. The molecule has 1 N–H and O–H groups in total. The van der Waals surface area contributed by atoms with Gasteiger partial charge >= 0.3 is 0 Å². The van der Waals surface area contributed by atoms with Gasteiger partial charge in [-0.25, -0.2) is 0 Å². The maximum atomic E-state index is 12.7. The molecule has 0 saturated carbocycles. The van der Waals surface area contributed by atoms with Crippen LogP contribution in [0, 0.1) is 19.8 Å². The molecule has 6 nitrogen and oxygen atoms in total. The quantitative estimate of drug-likeness (QED) is 0.722. The standard InChI is InChI=1S/C22H31N5OS/c1-16-10-11-17(2)27(16)22-25-24-21(29-22)26-14-6-9-19(15-26)20(28)23-13-12-18-7-4-3-5-8-18/h7,10-11,19H,3-6,8-9,12-15H2,1-2H3,(H,23,28). The van der Waals surface area contributed by atoms with Crippen molar-refractivity contribution in [1.29, 1.82) is 0 Å². The van der Waals surface area contributed by atoms with E-state index in [2.05, 4.69) is 57.0 Å². The number of aryl methyl sites for hydroxylation is 2. The van der Waals surface area contributed by atoms with Crippen LogP contribution in [0.4, 0.5) is 5.13 Å². The Morgan fingerprint density at radius 3 is 2.72 bits per heavy atom. The van der Waals surface area contributed by atoms with Crippen LogP contribution in [0.1, 0.15) is 56.3 Å². The van der Waals surface area contributed by atoms with Gasteiger partial charge in [0.25, 0.3) is 0 Å². The monoisotopic (exact) mass is 413 g/mol. The van der Waals surface area contributed by atoms with Crippen molar-refractivity contribution < 1.29 is 4.79 Å². The number of piperidine rings is 1. The summed E-state index contributed by atoms with van der Waals surface area (Å²) in [5.74, 6) is 0.222. The van der Waals surface area contributed by atoms with Gasteiger partial charge in [-0.1, -0.05) is 23.0 Å². The summed E-state index contributed by atoms with van der Waals surface area (Å²) in [5.41, 5.74) is 3.84. The second-order valence-electron chi connectivity index (χ2n) is 8.25. The largest absolute Gasteiger partial charge is 0.355 e. The minimum Gasteiger partial charge on any atom is -0.355 e. The number of hydrogen-bond acceptors (Lipinski definition) is 5. The molecule has 1 aliphatic carbocycles. The highest BCUT2D eigenvalue weighted by molar-refractivity contribution is 7.17. The predicted molar refractivity (Wildman–Crippen MR) is 118 cm³/mol. The number of amides is 1. The summed E-state index contributed by atoms with van der Waals surface area (Å²) in [4.78, 5) is 14.9. The molecular weight excluding hydrogens is 382 g/mol. The lowest BCUT2D eigenvalue weighted by Crippen LogP contribution is -2.43. The van der Waals surface area contributed by atoms with E-state index in [4.69, 9.17) is 0 Å². The van der Waals surface area contributed by atoms with Gasteiger partial charge in [-0.3, -0.25) is 9.36 Å². The molecule has 3 heterocycles. The van der Waals surface area contributed by atoms with Crippen molar-refractivity contribution in [3.63, 3.8) is 0 Å². The van der Waals surface area contributed by atoms with Crippen molar-refractivity contribution in [1.82, 2.24) is 20.1 Å². The highest BCUT2D eigenvalue weighted by atomic mass is 32.1. The second kappa shape index (κ2) is 9.11. The summed E-state index contributed by atoms with van der Waals surface area (Å²) in [7, 11) is 0. The lowest BCUT2D eigenvalue weighted by atomic mass is 9.96. The Morgan fingerprint density at radius 1 is 1.17 bits per heavy atom. The minimum atomic E-state index is 0.0338. The van der Waals surface area contributed by atoms with Crippen LogP contribution >= 0.6 is 11.3 Å². The molecule has 156 valence electrons. The molecule has 29 heavy (non-hydrogen) atoms. The van der Waals surface area contributed by atoms with E-state index < -0.39 is 0 Å². The molecule has 0 bridgehead atoms. The van der Waals surface area contributed by atoms with E-state index in [-0.39, 0.29) is 11.8 Å². The molecule has 1 fully saturated rings. The Hall–Kier alpha value is -2.15. The Kier molecular flexibility index (Phi) is 6.33. The maximum absolute atomic E-state index is 12.7. The van der Waals surface area contributed by atoms with E-state index >= 15 is 0 Å². The number of nitrogens with one attached hydrogen (secondary N) is 1. The van der Waals surface area contributed by atoms with E-state index in [9.17, 15) is 4.79 Å². The molecular formula is C22H31N5OS. The number of allylic oxidation sites excluding steroid dienone is 1. The van der Waals surface area contributed by atoms with Crippen molar-refractivity contribution in [2.45, 2.75) is 58.8 Å². The van der Waals surface area contributed by atoms with Gasteiger partial charge in [0.1, 0.15) is 0 Å². The van der Waals surface area contributed by atoms with E-state index in [1.54, 1.807) is 11.3 Å². The topological polar surface area (TPSA) is 63.1 Å². The zero-order valence-corrected chi connectivity index (χ0v) is 18.3. The lowest BCUT2D eigenvalue weighted by molar-refractivity contribution is -0.125. The Bertz CT molecular complexity index is 864. The maximum Gasteiger partial charge on any atom is 0.224 e. The van der Waals surface area contributed by atoms with Crippen LogP contribution in [-0.4, -0.2) is 40.3 Å². The third kappa shape index (κ3) is 4.71. The number of nitrogens with zero attached hydrogens (tertiary/aromatic N) is 4. The van der Waals surface area contributed by atoms with Gasteiger partial charge in [0, 0.05) is 31.0 Å². The fourth-order valence-corrected chi connectivity index (χ4v) is 5.38. The van der Waals surface area contributed by atoms with E-state index in [1.165, 1.54) is 31.3 Å². The summed E-state index contributed by atoms with van der Waals surface area (Å²) in [6.45, 7) is 6.59. The van der Waals surface area contributed by atoms with Crippen LogP contribution in [-0.2, 0) is 4.79 Å². The molecule has 1 saturated heterocycles. The van der Waals surface area contributed by atoms with E-state index in [1.807, 2.05) is 0 Å². The molecule has 2 aromatic heterocycles. The second-order valence-corrected chi connectivity index (χ2v) is 9.19. The number of hydrogen-bond donors (Lipinski definition) is 1. The van der Waals surface area contributed by atoms with Gasteiger partial charge in [0.05, 0.1) is 5.92 Å². The Labute approximate surface area is 177 Å². The van der Waals surface area contributed by atoms with Gasteiger partial charge in [0.2, 0.25) is 16.2 Å².